The third-order valence-corrected chi connectivity index (χ3v) is 5.66. The van der Waals surface area contributed by atoms with Crippen molar-refractivity contribution in [3.05, 3.63) is 108 Å². The molecular weight excluding hydrogens is 374 g/mol. The van der Waals surface area contributed by atoms with Crippen molar-refractivity contribution < 1.29 is 14.6 Å². The summed E-state index contributed by atoms with van der Waals surface area (Å²) in [6.45, 7) is 2.47. The van der Waals surface area contributed by atoms with Gasteiger partial charge in [-0.3, -0.25) is 4.90 Å². The number of benzene rings is 3. The van der Waals surface area contributed by atoms with Gasteiger partial charge in [0.2, 0.25) is 5.60 Å². The summed E-state index contributed by atoms with van der Waals surface area (Å²) in [5.74, 6) is -0.619. The van der Waals surface area contributed by atoms with Gasteiger partial charge in [0.15, 0.2) is 0 Å². The molecule has 1 saturated heterocycles. The molecule has 4 rings (SSSR count). The first-order valence-electron chi connectivity index (χ1n) is 10.5. The van der Waals surface area contributed by atoms with Crippen molar-refractivity contribution in [1.82, 2.24) is 4.90 Å². The molecule has 1 aliphatic rings. The van der Waals surface area contributed by atoms with E-state index < -0.39 is 11.6 Å². The molecule has 1 aliphatic heterocycles. The summed E-state index contributed by atoms with van der Waals surface area (Å²) in [6.07, 6.45) is 1.52. The molecule has 1 fully saturated rings. The van der Waals surface area contributed by atoms with Crippen molar-refractivity contribution in [2.45, 2.75) is 31.1 Å². The largest absolute Gasteiger partial charge is 0.458 e. The van der Waals surface area contributed by atoms with Gasteiger partial charge >= 0.3 is 5.97 Å². The van der Waals surface area contributed by atoms with Crippen LogP contribution in [0.15, 0.2) is 91.0 Å². The molecule has 1 atom stereocenters. The van der Waals surface area contributed by atoms with Crippen LogP contribution in [0.1, 0.15) is 29.5 Å². The van der Waals surface area contributed by atoms with Crippen LogP contribution in [0.4, 0.5) is 0 Å². The second kappa shape index (κ2) is 9.24. The van der Waals surface area contributed by atoms with Gasteiger partial charge in [0.05, 0.1) is 0 Å². The van der Waals surface area contributed by atoms with E-state index in [9.17, 15) is 9.90 Å². The normalized spacial score (nSPS) is 17.4. The smallest absolute Gasteiger partial charge is 0.348 e. The number of rotatable bonds is 6. The summed E-state index contributed by atoms with van der Waals surface area (Å²) in [5, 5.41) is 11.6. The second-order valence-corrected chi connectivity index (χ2v) is 7.83. The van der Waals surface area contributed by atoms with Crippen molar-refractivity contribution in [2.75, 3.05) is 13.1 Å². The van der Waals surface area contributed by atoms with E-state index in [-0.39, 0.29) is 6.10 Å². The number of carbonyl (C=O) groups excluding carboxylic acids is 1. The van der Waals surface area contributed by atoms with Gasteiger partial charge in [-0.2, -0.15) is 0 Å². The molecule has 0 saturated carbocycles. The molecule has 0 spiro atoms. The molecule has 0 unspecified atom stereocenters. The van der Waals surface area contributed by atoms with Crippen LogP contribution in [-0.2, 0) is 21.7 Å². The Hall–Kier alpha value is -2.95. The summed E-state index contributed by atoms with van der Waals surface area (Å²) in [7, 11) is 0. The Kier molecular flexibility index (Phi) is 6.26. The molecule has 1 heterocycles. The summed E-state index contributed by atoms with van der Waals surface area (Å²) in [4.78, 5) is 15.6. The van der Waals surface area contributed by atoms with E-state index in [4.69, 9.17) is 4.74 Å². The lowest BCUT2D eigenvalue weighted by molar-refractivity contribution is -0.170. The third kappa shape index (κ3) is 4.45. The molecule has 154 valence electrons. The Balaban J connectivity index is 1.51. The van der Waals surface area contributed by atoms with E-state index in [0.717, 1.165) is 25.9 Å². The van der Waals surface area contributed by atoms with Gasteiger partial charge in [-0.05, 0) is 36.1 Å². The molecule has 0 amide bonds. The number of esters is 1. The lowest BCUT2D eigenvalue weighted by Gasteiger charge is -2.35. The molecule has 4 heteroatoms. The van der Waals surface area contributed by atoms with Crippen molar-refractivity contribution in [2.24, 2.45) is 0 Å². The van der Waals surface area contributed by atoms with Gasteiger partial charge in [-0.1, -0.05) is 91.0 Å². The van der Waals surface area contributed by atoms with Crippen LogP contribution in [0.2, 0.25) is 0 Å². The van der Waals surface area contributed by atoms with Gasteiger partial charge < -0.3 is 9.84 Å². The lowest BCUT2D eigenvalue weighted by atomic mass is 9.86. The van der Waals surface area contributed by atoms with Gasteiger partial charge in [0.1, 0.15) is 6.10 Å². The highest BCUT2D eigenvalue weighted by atomic mass is 16.6. The van der Waals surface area contributed by atoms with E-state index in [1.54, 1.807) is 24.3 Å². The fourth-order valence-corrected chi connectivity index (χ4v) is 4.09. The SMILES string of the molecule is O=C(O[C@H]1CCCN(Cc2ccccc2)C1)C(O)(c1ccccc1)c1ccccc1. The van der Waals surface area contributed by atoms with Crippen LogP contribution >= 0.6 is 0 Å². The number of piperidine rings is 1. The fraction of sp³-hybridized carbons (Fsp3) is 0.269. The minimum Gasteiger partial charge on any atom is -0.458 e. The molecule has 3 aromatic carbocycles. The Morgan fingerprint density at radius 2 is 1.43 bits per heavy atom. The molecule has 30 heavy (non-hydrogen) atoms. The van der Waals surface area contributed by atoms with Crippen LogP contribution < -0.4 is 0 Å². The van der Waals surface area contributed by atoms with E-state index >= 15 is 0 Å². The molecule has 0 radical (unpaired) electrons. The third-order valence-electron chi connectivity index (χ3n) is 5.66. The summed E-state index contributed by atoms with van der Waals surface area (Å²) >= 11 is 0. The standard InChI is InChI=1S/C26H27NO3/c28-25(26(29,22-13-6-2-7-14-22)23-15-8-3-9-16-23)30-24-17-10-18-27(20-24)19-21-11-4-1-5-12-21/h1-9,11-16,24,29H,10,17-20H2/t24-/m0/s1. The van der Waals surface area contributed by atoms with Crippen LogP contribution in [0.5, 0.6) is 0 Å². The maximum Gasteiger partial charge on any atom is 0.348 e. The molecule has 0 bridgehead atoms. The highest BCUT2D eigenvalue weighted by Gasteiger charge is 2.43. The topological polar surface area (TPSA) is 49.8 Å². The van der Waals surface area contributed by atoms with E-state index in [1.165, 1.54) is 5.56 Å². The van der Waals surface area contributed by atoms with Crippen molar-refractivity contribution >= 4 is 5.97 Å². The van der Waals surface area contributed by atoms with Crippen LogP contribution in [0, 0.1) is 0 Å². The fourth-order valence-electron chi connectivity index (χ4n) is 4.09. The summed E-state index contributed by atoms with van der Waals surface area (Å²) < 4.78 is 5.90. The maximum absolute atomic E-state index is 13.3. The number of carbonyl (C=O) groups is 1. The predicted octanol–water partition coefficient (Wildman–Crippen LogP) is 4.13. The molecule has 0 aliphatic carbocycles. The Morgan fingerprint density at radius 3 is 2.00 bits per heavy atom. The molecule has 0 aromatic heterocycles. The summed E-state index contributed by atoms with van der Waals surface area (Å²) in [6, 6.07) is 28.4. The number of ether oxygens (including phenoxy) is 1. The van der Waals surface area contributed by atoms with Crippen LogP contribution in [0.25, 0.3) is 0 Å². The zero-order chi connectivity index (χ0) is 20.8. The second-order valence-electron chi connectivity index (χ2n) is 7.83. The van der Waals surface area contributed by atoms with Crippen LogP contribution in [-0.4, -0.2) is 35.2 Å². The van der Waals surface area contributed by atoms with Crippen molar-refractivity contribution in [1.29, 1.82) is 0 Å². The number of aliphatic hydroxyl groups is 1. The molecule has 1 N–H and O–H groups in total. The minimum absolute atomic E-state index is 0.242. The number of nitrogens with zero attached hydrogens (tertiary/aromatic N) is 1. The first-order valence-corrected chi connectivity index (χ1v) is 10.5. The zero-order valence-corrected chi connectivity index (χ0v) is 17.0. The average molecular weight is 402 g/mol. The summed E-state index contributed by atoms with van der Waals surface area (Å²) in [5.41, 5.74) is 0.440. The maximum atomic E-state index is 13.3. The zero-order valence-electron chi connectivity index (χ0n) is 17.0. The van der Waals surface area contributed by atoms with Crippen LogP contribution in [0.3, 0.4) is 0 Å². The lowest BCUT2D eigenvalue weighted by Crippen LogP contribution is -2.45. The van der Waals surface area contributed by atoms with Gasteiger partial charge in [0, 0.05) is 13.1 Å². The highest BCUT2D eigenvalue weighted by Crippen LogP contribution is 2.32. The van der Waals surface area contributed by atoms with Crippen molar-refractivity contribution in [3.8, 4) is 0 Å². The van der Waals surface area contributed by atoms with E-state index in [1.807, 2.05) is 54.6 Å². The van der Waals surface area contributed by atoms with E-state index in [0.29, 0.717) is 17.7 Å². The Labute approximate surface area is 177 Å². The van der Waals surface area contributed by atoms with Gasteiger partial charge in [-0.15, -0.1) is 0 Å². The number of likely N-dealkylation sites (tertiary alicyclic amines) is 1. The Bertz CT molecular complexity index is 904. The highest BCUT2D eigenvalue weighted by molar-refractivity contribution is 5.85. The first kappa shape index (κ1) is 20.3. The monoisotopic (exact) mass is 401 g/mol. The molecule has 4 nitrogen and oxygen atoms in total. The first-order chi connectivity index (χ1) is 14.7. The minimum atomic E-state index is -1.83. The van der Waals surface area contributed by atoms with Gasteiger partial charge in [0.25, 0.3) is 0 Å². The van der Waals surface area contributed by atoms with E-state index in [2.05, 4.69) is 17.0 Å². The van der Waals surface area contributed by atoms with Gasteiger partial charge in [-0.25, -0.2) is 4.79 Å². The average Bonchev–Trinajstić information content (AvgIpc) is 2.80. The van der Waals surface area contributed by atoms with Crippen molar-refractivity contribution in [3.63, 3.8) is 0 Å². The predicted molar refractivity (Wildman–Crippen MR) is 117 cm³/mol. The number of hydrogen-bond donors (Lipinski definition) is 1. The molecule has 3 aromatic rings. The molecular formula is C26H27NO3. The quantitative estimate of drug-likeness (QED) is 0.631. The Morgan fingerprint density at radius 1 is 0.900 bits per heavy atom. The number of hydrogen-bond acceptors (Lipinski definition) is 4.